The molecule has 0 saturated heterocycles. The Morgan fingerprint density at radius 3 is 2.84 bits per heavy atom. The normalized spacial score (nSPS) is 10.6. The van der Waals surface area contributed by atoms with E-state index in [0.29, 0.717) is 22.7 Å². The number of ether oxygens (including phenoxy) is 1. The van der Waals surface area contributed by atoms with Crippen LogP contribution < -0.4 is 0 Å². The number of esters is 1. The molecule has 0 fully saturated rings. The molecule has 19 heavy (non-hydrogen) atoms. The first-order valence-electron chi connectivity index (χ1n) is 5.64. The summed E-state index contributed by atoms with van der Waals surface area (Å²) >= 11 is 0. The number of methoxy groups -OCH3 is 1. The minimum absolute atomic E-state index is 0.400. The average molecular weight is 254 g/mol. The molecule has 6 nitrogen and oxygen atoms in total. The maximum atomic E-state index is 11.5. The summed E-state index contributed by atoms with van der Waals surface area (Å²) in [6.07, 6.45) is 3.33. The van der Waals surface area contributed by atoms with Crippen molar-refractivity contribution in [3.63, 3.8) is 0 Å². The van der Waals surface area contributed by atoms with E-state index in [2.05, 4.69) is 15.2 Å². The Balaban J connectivity index is 2.19. The smallest absolute Gasteiger partial charge is 0.339 e. The van der Waals surface area contributed by atoms with E-state index in [9.17, 15) is 4.79 Å². The fourth-order valence-electron chi connectivity index (χ4n) is 1.80. The topological polar surface area (TPSA) is 69.4 Å². The molecule has 0 saturated carbocycles. The predicted molar refractivity (Wildman–Crippen MR) is 67.6 cm³/mol. The zero-order valence-corrected chi connectivity index (χ0v) is 10.1. The number of pyridine rings is 2. The molecule has 0 aromatic carbocycles. The lowest BCUT2D eigenvalue weighted by molar-refractivity contribution is 0.0600. The van der Waals surface area contributed by atoms with Crippen LogP contribution in [0.1, 0.15) is 10.4 Å². The van der Waals surface area contributed by atoms with Gasteiger partial charge in [-0.25, -0.2) is 4.79 Å². The molecule has 0 aliphatic heterocycles. The lowest BCUT2D eigenvalue weighted by Gasteiger charge is -2.02. The fourth-order valence-corrected chi connectivity index (χ4v) is 1.80. The molecule has 0 radical (unpaired) electrons. The highest BCUT2D eigenvalue weighted by Gasteiger charge is 2.12. The van der Waals surface area contributed by atoms with Crippen LogP contribution in [0.15, 0.2) is 42.7 Å². The quantitative estimate of drug-likeness (QED) is 0.649. The number of carbonyl (C=O) groups is 1. The van der Waals surface area contributed by atoms with E-state index >= 15 is 0 Å². The summed E-state index contributed by atoms with van der Waals surface area (Å²) in [6, 6.07) is 8.89. The average Bonchev–Trinajstić information content (AvgIpc) is 2.90. The molecule has 3 heterocycles. The Hall–Kier alpha value is -2.76. The van der Waals surface area contributed by atoms with Crippen molar-refractivity contribution < 1.29 is 9.53 Å². The number of carbonyl (C=O) groups excluding carboxylic acids is 1. The minimum atomic E-state index is -0.400. The van der Waals surface area contributed by atoms with Gasteiger partial charge in [-0.3, -0.25) is 9.38 Å². The molecule has 0 amide bonds. The van der Waals surface area contributed by atoms with Gasteiger partial charge in [0.05, 0.1) is 12.7 Å². The predicted octanol–water partition coefficient (Wildman–Crippen LogP) is 1.58. The van der Waals surface area contributed by atoms with Gasteiger partial charge >= 0.3 is 5.97 Å². The van der Waals surface area contributed by atoms with Crippen LogP contribution in [0.2, 0.25) is 0 Å². The monoisotopic (exact) mass is 254 g/mol. The summed E-state index contributed by atoms with van der Waals surface area (Å²) < 4.78 is 6.42. The zero-order chi connectivity index (χ0) is 13.2. The molecule has 0 aliphatic carbocycles. The Morgan fingerprint density at radius 1 is 1.21 bits per heavy atom. The number of hydrogen-bond donors (Lipinski definition) is 0. The molecule has 0 aliphatic rings. The van der Waals surface area contributed by atoms with E-state index in [-0.39, 0.29) is 0 Å². The third kappa shape index (κ3) is 1.93. The van der Waals surface area contributed by atoms with Crippen molar-refractivity contribution in [3.05, 3.63) is 48.3 Å². The molecule has 3 aromatic rings. The van der Waals surface area contributed by atoms with Gasteiger partial charge in [0.15, 0.2) is 11.5 Å². The van der Waals surface area contributed by atoms with E-state index in [1.807, 2.05) is 18.2 Å². The van der Waals surface area contributed by atoms with E-state index in [1.54, 1.807) is 28.9 Å². The Labute approximate surface area is 108 Å². The van der Waals surface area contributed by atoms with Crippen molar-refractivity contribution in [2.75, 3.05) is 7.11 Å². The lowest BCUT2D eigenvalue weighted by Crippen LogP contribution is -2.03. The number of hydrogen-bond acceptors (Lipinski definition) is 5. The molecule has 3 aromatic heterocycles. The van der Waals surface area contributed by atoms with Crippen LogP contribution in [0.25, 0.3) is 17.2 Å². The Kier molecular flexibility index (Phi) is 2.68. The maximum Gasteiger partial charge on any atom is 0.339 e. The van der Waals surface area contributed by atoms with Crippen molar-refractivity contribution in [1.29, 1.82) is 0 Å². The second-order valence-corrected chi connectivity index (χ2v) is 3.88. The molecule has 0 unspecified atom stereocenters. The minimum Gasteiger partial charge on any atom is -0.465 e. The van der Waals surface area contributed by atoms with Gasteiger partial charge in [-0.05, 0) is 24.3 Å². The summed E-state index contributed by atoms with van der Waals surface area (Å²) in [6.45, 7) is 0. The summed E-state index contributed by atoms with van der Waals surface area (Å²) in [5, 5.41) is 8.13. The molecular weight excluding hydrogens is 244 g/mol. The van der Waals surface area contributed by atoms with Crippen molar-refractivity contribution in [1.82, 2.24) is 19.6 Å². The van der Waals surface area contributed by atoms with E-state index < -0.39 is 5.97 Å². The van der Waals surface area contributed by atoms with Crippen molar-refractivity contribution in [3.8, 4) is 11.5 Å². The molecule has 0 N–H and O–H groups in total. The first-order valence-corrected chi connectivity index (χ1v) is 5.64. The van der Waals surface area contributed by atoms with Crippen molar-refractivity contribution in [2.24, 2.45) is 0 Å². The number of fused-ring (bicyclic) bond motifs is 1. The third-order valence-corrected chi connectivity index (χ3v) is 2.72. The van der Waals surface area contributed by atoms with Gasteiger partial charge in [0.25, 0.3) is 0 Å². The summed E-state index contributed by atoms with van der Waals surface area (Å²) in [7, 11) is 1.35. The molecular formula is C13H10N4O2. The summed E-state index contributed by atoms with van der Waals surface area (Å²) in [5.41, 5.74) is 1.78. The SMILES string of the molecule is COC(=O)c1ccc2nnc(-c3ccccn3)n2c1. The summed E-state index contributed by atoms with van der Waals surface area (Å²) in [5.74, 6) is 0.184. The molecule has 3 rings (SSSR count). The second kappa shape index (κ2) is 4.49. The molecule has 0 spiro atoms. The number of nitrogens with zero attached hydrogens (tertiary/aromatic N) is 4. The summed E-state index contributed by atoms with van der Waals surface area (Å²) in [4.78, 5) is 15.8. The van der Waals surface area contributed by atoms with Crippen LogP contribution in [0.3, 0.4) is 0 Å². The van der Waals surface area contributed by atoms with Gasteiger partial charge in [0.1, 0.15) is 5.69 Å². The third-order valence-electron chi connectivity index (χ3n) is 2.72. The molecule has 0 atom stereocenters. The van der Waals surface area contributed by atoms with Crippen LogP contribution in [0, 0.1) is 0 Å². The van der Waals surface area contributed by atoms with Gasteiger partial charge in [-0.1, -0.05) is 6.07 Å². The maximum absolute atomic E-state index is 11.5. The van der Waals surface area contributed by atoms with Gasteiger partial charge in [-0.2, -0.15) is 0 Å². The highest BCUT2D eigenvalue weighted by atomic mass is 16.5. The van der Waals surface area contributed by atoms with Crippen molar-refractivity contribution in [2.45, 2.75) is 0 Å². The molecule has 0 bridgehead atoms. The standard InChI is InChI=1S/C13H10N4O2/c1-19-13(18)9-5-6-11-15-16-12(17(11)8-9)10-4-2-3-7-14-10/h2-8H,1H3. The van der Waals surface area contributed by atoms with E-state index in [0.717, 1.165) is 0 Å². The first kappa shape index (κ1) is 11.3. The van der Waals surface area contributed by atoms with Crippen LogP contribution >= 0.6 is 0 Å². The van der Waals surface area contributed by atoms with Crippen LogP contribution in [0.5, 0.6) is 0 Å². The highest BCUT2D eigenvalue weighted by Crippen LogP contribution is 2.16. The van der Waals surface area contributed by atoms with Gasteiger partial charge < -0.3 is 4.74 Å². The molecule has 94 valence electrons. The van der Waals surface area contributed by atoms with E-state index in [4.69, 9.17) is 4.74 Å². The Morgan fingerprint density at radius 2 is 2.11 bits per heavy atom. The first-order chi connectivity index (χ1) is 9.29. The van der Waals surface area contributed by atoms with Crippen LogP contribution in [-0.2, 0) is 4.74 Å². The lowest BCUT2D eigenvalue weighted by atomic mass is 10.3. The zero-order valence-electron chi connectivity index (χ0n) is 10.1. The van der Waals surface area contributed by atoms with Crippen LogP contribution in [-0.4, -0.2) is 32.7 Å². The van der Waals surface area contributed by atoms with Crippen molar-refractivity contribution >= 4 is 11.6 Å². The Bertz CT molecular complexity index is 737. The highest BCUT2D eigenvalue weighted by molar-refractivity contribution is 5.89. The van der Waals surface area contributed by atoms with Gasteiger partial charge in [-0.15, -0.1) is 10.2 Å². The van der Waals surface area contributed by atoms with E-state index in [1.165, 1.54) is 7.11 Å². The number of aromatic nitrogens is 4. The fraction of sp³-hybridized carbons (Fsp3) is 0.0769. The van der Waals surface area contributed by atoms with Gasteiger partial charge in [0.2, 0.25) is 0 Å². The number of rotatable bonds is 2. The van der Waals surface area contributed by atoms with Gasteiger partial charge in [0, 0.05) is 12.4 Å². The van der Waals surface area contributed by atoms with Crippen LogP contribution in [0.4, 0.5) is 0 Å². The second-order valence-electron chi connectivity index (χ2n) is 3.88. The molecule has 6 heteroatoms. The largest absolute Gasteiger partial charge is 0.465 e.